The number of aromatic carboxylic acids is 3. The number of fused-ring (bicyclic) bond motifs is 6. The van der Waals surface area contributed by atoms with Crippen LogP contribution in [0.5, 0.6) is 0 Å². The van der Waals surface area contributed by atoms with Crippen LogP contribution in [0.2, 0.25) is 0 Å². The van der Waals surface area contributed by atoms with Crippen molar-refractivity contribution in [3.05, 3.63) is 39.3 Å². The Balaban J connectivity index is 1.56. The molecular weight excluding hydrogens is 1150 g/mol. The van der Waals surface area contributed by atoms with E-state index in [0.29, 0.717) is 0 Å². The third-order valence-corrected chi connectivity index (χ3v) is 30.4. The van der Waals surface area contributed by atoms with Crippen molar-refractivity contribution < 1.29 is 91.0 Å². The number of hydrogen-bond donors (Lipinski definition) is 15. The lowest BCUT2D eigenvalue weighted by molar-refractivity contribution is 0.0677. The quantitative estimate of drug-likeness (QED) is 0.0814. The number of rotatable bonds is 18. The Morgan fingerprint density at radius 2 is 0.357 bits per heavy atom. The molecule has 18 nitrogen and oxygen atoms in total. The maximum absolute atomic E-state index is 13.7. The molecule has 0 unspecified atom stereocenters. The summed E-state index contributed by atoms with van der Waals surface area (Å²) in [5, 5.41) is 165. The Bertz CT molecular complexity index is 2280. The first-order valence-electron chi connectivity index (χ1n) is 20.2. The summed E-state index contributed by atoms with van der Waals surface area (Å²) in [5.74, 6) is -4.28. The topological polar surface area (TPSA) is 355 Å². The lowest BCUT2D eigenvalue weighted by Crippen LogP contribution is -2.28. The van der Waals surface area contributed by atoms with E-state index in [1.165, 1.54) is 0 Å². The highest BCUT2D eigenvalue weighted by Gasteiger charge is 2.58. The van der Waals surface area contributed by atoms with E-state index >= 15 is 0 Å². The molecule has 15 N–H and O–H groups in total. The van der Waals surface area contributed by atoms with Crippen molar-refractivity contribution in [1.29, 1.82) is 0 Å². The summed E-state index contributed by atoms with van der Waals surface area (Å²) in [6, 6.07) is 0. The largest absolute Gasteiger partial charge is 0.478 e. The van der Waals surface area contributed by atoms with Crippen molar-refractivity contribution >= 4 is 159 Å². The third kappa shape index (κ3) is 8.22. The van der Waals surface area contributed by atoms with Crippen LogP contribution >= 0.6 is 141 Å². The first kappa shape index (κ1) is 54.6. The van der Waals surface area contributed by atoms with E-state index in [9.17, 15) is 91.0 Å². The predicted octanol–water partition coefficient (Wildman–Crippen LogP) is 3.07. The highest BCUT2D eigenvalue weighted by molar-refractivity contribution is 8.23. The van der Waals surface area contributed by atoms with Gasteiger partial charge in [0.25, 0.3) is 0 Å². The number of hydrogen-bond acceptors (Lipinski definition) is 27. The molecule has 0 aromatic heterocycles. The molecular formula is C40H39O18S12. The second kappa shape index (κ2) is 20.0. The lowest BCUT2D eigenvalue weighted by atomic mass is 9.83. The van der Waals surface area contributed by atoms with Gasteiger partial charge < -0.3 is 76.6 Å². The SMILES string of the molecule is O=C(O)c1c2c(c([C](c3c4c(c(C(=O)O)c5c3SC(CO)(CO)S5)SC(CO)(CO)S4)c3c4c(c(C(=O)O)c5c3SC(CO)(CO)S5)SC(CO)(CO)S4)c3c1SC(CO)(CO)S3)SC(CO)(CO)S2. The Morgan fingerprint density at radius 1 is 0.243 bits per heavy atom. The molecule has 0 atom stereocenters. The molecule has 0 saturated heterocycles. The van der Waals surface area contributed by atoms with E-state index in [0.717, 1.165) is 141 Å². The van der Waals surface area contributed by atoms with Crippen LogP contribution in [-0.4, -0.2) is 198 Å². The van der Waals surface area contributed by atoms with Crippen LogP contribution in [0.1, 0.15) is 47.8 Å². The molecule has 6 heterocycles. The van der Waals surface area contributed by atoms with E-state index in [1.807, 2.05) is 0 Å². The zero-order chi connectivity index (χ0) is 50.7. The number of aliphatic hydroxyl groups is 12. The van der Waals surface area contributed by atoms with Crippen LogP contribution in [0.15, 0.2) is 58.7 Å². The molecule has 6 aliphatic heterocycles. The molecule has 0 fully saturated rings. The molecule has 0 spiro atoms. The average Bonchev–Trinajstić information content (AvgIpc) is 4.23. The van der Waals surface area contributed by atoms with Crippen LogP contribution in [0.25, 0.3) is 0 Å². The molecule has 3 aromatic rings. The molecule has 70 heavy (non-hydrogen) atoms. The Labute approximate surface area is 447 Å². The molecule has 3 aromatic carbocycles. The second-order valence-corrected chi connectivity index (χ2v) is 34.4. The maximum atomic E-state index is 13.7. The summed E-state index contributed by atoms with van der Waals surface area (Å²) in [7, 11) is 0. The first-order chi connectivity index (χ1) is 33.3. The number of thioether (sulfide) groups is 12. The van der Waals surface area contributed by atoms with Crippen LogP contribution < -0.4 is 0 Å². The van der Waals surface area contributed by atoms with E-state index in [2.05, 4.69) is 0 Å². The summed E-state index contributed by atoms with van der Waals surface area (Å²) in [4.78, 5) is 41.9. The van der Waals surface area contributed by atoms with Gasteiger partial charge in [0.05, 0.1) is 102 Å². The highest BCUT2D eigenvalue weighted by atomic mass is 32.2. The van der Waals surface area contributed by atoms with Gasteiger partial charge in [0, 0.05) is 58.7 Å². The van der Waals surface area contributed by atoms with Gasteiger partial charge in [-0.1, -0.05) is 0 Å². The number of carboxylic acid groups (broad SMARTS) is 3. The van der Waals surface area contributed by atoms with E-state index < -0.39 is 122 Å². The normalized spacial score (nSPS) is 20.9. The van der Waals surface area contributed by atoms with Gasteiger partial charge in [-0.2, -0.15) is 0 Å². The minimum Gasteiger partial charge on any atom is -0.478 e. The van der Waals surface area contributed by atoms with Crippen molar-refractivity contribution in [2.75, 3.05) is 79.3 Å². The zero-order valence-electron chi connectivity index (χ0n) is 35.3. The smallest absolute Gasteiger partial charge is 0.338 e. The van der Waals surface area contributed by atoms with Gasteiger partial charge in [-0.15, -0.1) is 141 Å². The summed E-state index contributed by atoms with van der Waals surface area (Å²) < 4.78 is -9.34. The number of aliphatic hydroxyl groups excluding tert-OH is 12. The van der Waals surface area contributed by atoms with Crippen molar-refractivity contribution in [1.82, 2.24) is 0 Å². The summed E-state index contributed by atoms with van der Waals surface area (Å²) in [6.07, 6.45) is 0. The van der Waals surface area contributed by atoms with Gasteiger partial charge in [-0.25, -0.2) is 14.4 Å². The fraction of sp³-hybridized carbons (Fsp3) is 0.450. The first-order valence-corrected chi connectivity index (χ1v) is 30.0. The van der Waals surface area contributed by atoms with Crippen molar-refractivity contribution in [3.8, 4) is 0 Å². The molecule has 0 saturated carbocycles. The van der Waals surface area contributed by atoms with Gasteiger partial charge >= 0.3 is 17.9 Å². The number of carbonyl (C=O) groups is 3. The van der Waals surface area contributed by atoms with Gasteiger partial charge in [0.15, 0.2) is 0 Å². The molecule has 6 aliphatic rings. The Hall–Kier alpha value is -0.210. The summed E-state index contributed by atoms with van der Waals surface area (Å²) >= 11 is 10.5. The molecule has 1 radical (unpaired) electrons. The van der Waals surface area contributed by atoms with Crippen LogP contribution in [-0.2, 0) is 0 Å². The van der Waals surface area contributed by atoms with Crippen LogP contribution in [0.3, 0.4) is 0 Å². The lowest BCUT2D eigenvalue weighted by Gasteiger charge is -2.31. The second-order valence-electron chi connectivity index (χ2n) is 16.1. The van der Waals surface area contributed by atoms with Gasteiger partial charge in [0.2, 0.25) is 0 Å². The van der Waals surface area contributed by atoms with Crippen molar-refractivity contribution in [2.24, 2.45) is 0 Å². The third-order valence-electron chi connectivity index (χ3n) is 11.7. The van der Waals surface area contributed by atoms with Gasteiger partial charge in [-0.05, 0) is 16.7 Å². The molecule has 379 valence electrons. The van der Waals surface area contributed by atoms with Crippen molar-refractivity contribution in [3.63, 3.8) is 0 Å². The molecule has 30 heteroatoms. The van der Waals surface area contributed by atoms with E-state index in [-0.39, 0.29) is 98.0 Å². The highest BCUT2D eigenvalue weighted by Crippen LogP contribution is 2.74. The van der Waals surface area contributed by atoms with Gasteiger partial charge in [0.1, 0.15) is 24.5 Å². The number of benzene rings is 3. The van der Waals surface area contributed by atoms with Crippen LogP contribution in [0, 0.1) is 5.92 Å². The Morgan fingerprint density at radius 3 is 0.457 bits per heavy atom. The minimum absolute atomic E-state index is 0.0332. The predicted molar refractivity (Wildman–Crippen MR) is 272 cm³/mol. The Kier molecular flexibility index (Phi) is 15.6. The monoisotopic (exact) mass is 1190 g/mol. The average molecular weight is 1190 g/mol. The van der Waals surface area contributed by atoms with E-state index in [4.69, 9.17) is 0 Å². The number of carboxylic acids is 3. The minimum atomic E-state index is -1.56. The molecule has 0 amide bonds. The molecule has 0 bridgehead atoms. The summed E-state index contributed by atoms with van der Waals surface area (Å²) in [6.45, 7) is -8.57. The fourth-order valence-corrected chi connectivity index (χ4v) is 26.0. The van der Waals surface area contributed by atoms with Crippen molar-refractivity contribution in [2.45, 2.75) is 83.2 Å². The molecule has 9 rings (SSSR count). The van der Waals surface area contributed by atoms with Crippen LogP contribution in [0.4, 0.5) is 0 Å². The fourth-order valence-electron chi connectivity index (χ4n) is 8.22. The zero-order valence-corrected chi connectivity index (χ0v) is 45.1. The van der Waals surface area contributed by atoms with E-state index in [1.54, 1.807) is 0 Å². The molecule has 0 aliphatic carbocycles. The van der Waals surface area contributed by atoms with Gasteiger partial charge in [-0.3, -0.25) is 0 Å². The maximum Gasteiger partial charge on any atom is 0.338 e. The standard InChI is InChI=1S/C40H39O18S12/c41-1-35(2-42)59-20-14(21-27(17(32(53)54)26(20)65-35)66-36(3-43,4-44)60-21)13(15-22-28(67-37(5-45,6-46)61-22)18(33(55)56)29-23(15)62-38(7-47,8-48)68-29)16-24-30(69-39(9-49,10-50)63-24)19(34(57)58)31-25(16)64-40(11-51,12-52)70-31/h41-52H,1-12H2,(H,53,54)(H,55,56)(H,57,58). The summed E-state index contributed by atoms with van der Waals surface area (Å²) in [5.41, 5.74) is -0.531.